The standard InChI is InChI=1S/C18H22N2O2S/c1-12-6-5-7-14(8-12)16(20(3)4)10-19-18(22)15-9-17(13(2)21)23-11-15/h5-9,11,16H,10H2,1-4H3,(H,19,22). The van der Waals surface area contributed by atoms with Crippen molar-refractivity contribution in [3.8, 4) is 0 Å². The first-order valence-electron chi connectivity index (χ1n) is 7.49. The minimum absolute atomic E-state index is 0.0139. The lowest BCUT2D eigenvalue weighted by Crippen LogP contribution is -2.34. The molecule has 1 amide bonds. The Morgan fingerprint density at radius 2 is 2.00 bits per heavy atom. The second kappa shape index (κ2) is 7.53. The minimum atomic E-state index is -0.145. The topological polar surface area (TPSA) is 49.4 Å². The Bertz CT molecular complexity index is 707. The first-order valence-corrected chi connectivity index (χ1v) is 8.37. The van der Waals surface area contributed by atoms with Crippen molar-refractivity contribution in [3.63, 3.8) is 0 Å². The summed E-state index contributed by atoms with van der Waals surface area (Å²) in [5.41, 5.74) is 2.91. The van der Waals surface area contributed by atoms with E-state index >= 15 is 0 Å². The van der Waals surface area contributed by atoms with Gasteiger partial charge in [-0.1, -0.05) is 29.8 Å². The zero-order valence-electron chi connectivity index (χ0n) is 13.9. The van der Waals surface area contributed by atoms with Gasteiger partial charge in [0, 0.05) is 11.9 Å². The normalized spacial score (nSPS) is 12.2. The molecule has 1 N–H and O–H groups in total. The molecular formula is C18H22N2O2S. The molecule has 1 aromatic carbocycles. The van der Waals surface area contributed by atoms with Crippen LogP contribution in [0.25, 0.3) is 0 Å². The molecule has 0 aliphatic heterocycles. The van der Waals surface area contributed by atoms with Gasteiger partial charge in [-0.15, -0.1) is 11.3 Å². The highest BCUT2D eigenvalue weighted by molar-refractivity contribution is 7.12. The quantitative estimate of drug-likeness (QED) is 0.827. The summed E-state index contributed by atoms with van der Waals surface area (Å²) in [6.07, 6.45) is 0. The molecule has 0 saturated carbocycles. The summed E-state index contributed by atoms with van der Waals surface area (Å²) < 4.78 is 0. The van der Waals surface area contributed by atoms with Gasteiger partial charge in [0.05, 0.1) is 16.5 Å². The number of thiophene rings is 1. The van der Waals surface area contributed by atoms with Gasteiger partial charge in [0.1, 0.15) is 0 Å². The van der Waals surface area contributed by atoms with Crippen molar-refractivity contribution < 1.29 is 9.59 Å². The number of carbonyl (C=O) groups excluding carboxylic acids is 2. The van der Waals surface area contributed by atoms with Gasteiger partial charge in [0.25, 0.3) is 5.91 Å². The Labute approximate surface area is 141 Å². The molecule has 0 radical (unpaired) electrons. The molecule has 2 rings (SSSR count). The molecule has 0 aliphatic rings. The second-order valence-electron chi connectivity index (χ2n) is 5.86. The van der Waals surface area contributed by atoms with E-state index in [0.29, 0.717) is 17.0 Å². The number of nitrogens with zero attached hydrogens (tertiary/aromatic N) is 1. The van der Waals surface area contributed by atoms with Gasteiger partial charge in [-0.25, -0.2) is 0 Å². The van der Waals surface area contributed by atoms with Crippen LogP contribution in [0, 0.1) is 6.92 Å². The first-order chi connectivity index (χ1) is 10.9. The number of hydrogen-bond donors (Lipinski definition) is 1. The summed E-state index contributed by atoms with van der Waals surface area (Å²) in [4.78, 5) is 26.3. The summed E-state index contributed by atoms with van der Waals surface area (Å²) in [6, 6.07) is 10.0. The Morgan fingerprint density at radius 1 is 1.26 bits per heavy atom. The van der Waals surface area contributed by atoms with Crippen LogP contribution in [-0.2, 0) is 0 Å². The van der Waals surface area contributed by atoms with Gasteiger partial charge in [-0.3, -0.25) is 9.59 Å². The molecule has 5 heteroatoms. The predicted molar refractivity (Wildman–Crippen MR) is 94.3 cm³/mol. The zero-order chi connectivity index (χ0) is 17.0. The summed E-state index contributed by atoms with van der Waals surface area (Å²) in [5, 5.41) is 4.69. The Morgan fingerprint density at radius 3 is 2.57 bits per heavy atom. The fourth-order valence-corrected chi connectivity index (χ4v) is 3.20. The van der Waals surface area contributed by atoms with Gasteiger partial charge >= 0.3 is 0 Å². The largest absolute Gasteiger partial charge is 0.350 e. The number of rotatable bonds is 6. The highest BCUT2D eigenvalue weighted by Gasteiger charge is 2.17. The van der Waals surface area contributed by atoms with E-state index in [1.165, 1.54) is 29.4 Å². The Kier molecular flexibility index (Phi) is 5.69. The van der Waals surface area contributed by atoms with E-state index in [9.17, 15) is 9.59 Å². The number of Topliss-reactive ketones (excluding diaryl/α,β-unsaturated/α-hetero) is 1. The van der Waals surface area contributed by atoms with Crippen molar-refractivity contribution in [2.24, 2.45) is 0 Å². The molecule has 2 aromatic rings. The highest BCUT2D eigenvalue weighted by Crippen LogP contribution is 2.19. The second-order valence-corrected chi connectivity index (χ2v) is 6.77. The van der Waals surface area contributed by atoms with E-state index in [1.807, 2.05) is 20.2 Å². The smallest absolute Gasteiger partial charge is 0.252 e. The van der Waals surface area contributed by atoms with Gasteiger partial charge in [-0.05, 0) is 39.6 Å². The number of ketones is 1. The van der Waals surface area contributed by atoms with Crippen LogP contribution in [0.1, 0.15) is 44.1 Å². The monoisotopic (exact) mass is 330 g/mol. The Balaban J connectivity index is 2.06. The maximum Gasteiger partial charge on any atom is 0.252 e. The summed E-state index contributed by atoms with van der Waals surface area (Å²) in [5.74, 6) is -0.159. The van der Waals surface area contributed by atoms with Crippen LogP contribution in [-0.4, -0.2) is 37.2 Å². The minimum Gasteiger partial charge on any atom is -0.350 e. The molecule has 122 valence electrons. The lowest BCUT2D eigenvalue weighted by Gasteiger charge is -2.25. The summed E-state index contributed by atoms with van der Waals surface area (Å²) in [7, 11) is 4.00. The molecule has 0 saturated heterocycles. The maximum atomic E-state index is 12.3. The third-order valence-electron chi connectivity index (χ3n) is 3.71. The van der Waals surface area contributed by atoms with Crippen molar-refractivity contribution in [2.75, 3.05) is 20.6 Å². The molecule has 0 bridgehead atoms. The van der Waals surface area contributed by atoms with E-state index in [4.69, 9.17) is 0 Å². The van der Waals surface area contributed by atoms with Crippen LogP contribution < -0.4 is 5.32 Å². The molecule has 1 unspecified atom stereocenters. The maximum absolute atomic E-state index is 12.3. The van der Waals surface area contributed by atoms with Crippen LogP contribution in [0.2, 0.25) is 0 Å². The molecule has 23 heavy (non-hydrogen) atoms. The summed E-state index contributed by atoms with van der Waals surface area (Å²) in [6.45, 7) is 4.08. The van der Waals surface area contributed by atoms with Crippen molar-refractivity contribution >= 4 is 23.0 Å². The van der Waals surface area contributed by atoms with Crippen LogP contribution >= 0.6 is 11.3 Å². The van der Waals surface area contributed by atoms with Crippen LogP contribution in [0.5, 0.6) is 0 Å². The van der Waals surface area contributed by atoms with Crippen LogP contribution in [0.3, 0.4) is 0 Å². The van der Waals surface area contributed by atoms with E-state index in [1.54, 1.807) is 11.4 Å². The predicted octanol–water partition coefficient (Wildman–Crippen LogP) is 3.29. The Hall–Kier alpha value is -1.98. The van der Waals surface area contributed by atoms with Crippen molar-refractivity contribution in [3.05, 3.63) is 57.3 Å². The molecule has 4 nitrogen and oxygen atoms in total. The fourth-order valence-electron chi connectivity index (χ4n) is 2.41. The van der Waals surface area contributed by atoms with E-state index < -0.39 is 0 Å². The number of amides is 1. The number of aryl methyl sites for hydroxylation is 1. The van der Waals surface area contributed by atoms with Crippen molar-refractivity contribution in [2.45, 2.75) is 19.9 Å². The zero-order valence-corrected chi connectivity index (χ0v) is 14.7. The lowest BCUT2D eigenvalue weighted by molar-refractivity contribution is 0.0942. The van der Waals surface area contributed by atoms with E-state index in [-0.39, 0.29) is 17.7 Å². The molecule has 1 atom stereocenters. The molecule has 0 aliphatic carbocycles. The van der Waals surface area contributed by atoms with Crippen LogP contribution in [0.4, 0.5) is 0 Å². The number of nitrogens with one attached hydrogen (secondary N) is 1. The van der Waals surface area contributed by atoms with Gasteiger partial charge in [-0.2, -0.15) is 0 Å². The molecule has 1 aromatic heterocycles. The highest BCUT2D eigenvalue weighted by atomic mass is 32.1. The fraction of sp³-hybridized carbons (Fsp3) is 0.333. The average molecular weight is 330 g/mol. The van der Waals surface area contributed by atoms with E-state index in [0.717, 1.165) is 0 Å². The molecule has 1 heterocycles. The summed E-state index contributed by atoms with van der Waals surface area (Å²) >= 11 is 1.30. The van der Waals surface area contributed by atoms with Crippen molar-refractivity contribution in [1.82, 2.24) is 10.2 Å². The number of likely N-dealkylation sites (N-methyl/N-ethyl adjacent to an activating group) is 1. The van der Waals surface area contributed by atoms with Gasteiger partial charge in [0.15, 0.2) is 5.78 Å². The number of benzene rings is 1. The SMILES string of the molecule is CC(=O)c1cc(C(=O)NCC(c2cccc(C)c2)N(C)C)cs1. The van der Waals surface area contributed by atoms with E-state index in [2.05, 4.69) is 35.3 Å². The first kappa shape index (κ1) is 17.4. The van der Waals surface area contributed by atoms with Crippen molar-refractivity contribution in [1.29, 1.82) is 0 Å². The average Bonchev–Trinajstić information content (AvgIpc) is 2.97. The molecule has 0 fully saturated rings. The third-order valence-corrected chi connectivity index (χ3v) is 4.75. The van der Waals surface area contributed by atoms with Crippen LogP contribution in [0.15, 0.2) is 35.7 Å². The van der Waals surface area contributed by atoms with Gasteiger partial charge in [0.2, 0.25) is 0 Å². The van der Waals surface area contributed by atoms with Gasteiger partial charge < -0.3 is 10.2 Å². The third kappa shape index (κ3) is 4.50. The number of hydrogen-bond acceptors (Lipinski definition) is 4. The molecule has 0 spiro atoms. The number of carbonyl (C=O) groups is 2. The lowest BCUT2D eigenvalue weighted by atomic mass is 10.0. The molecular weight excluding hydrogens is 308 g/mol.